The van der Waals surface area contributed by atoms with Gasteiger partial charge in [0.25, 0.3) is 0 Å². The first-order chi connectivity index (χ1) is 8.31. The molecule has 1 unspecified atom stereocenters. The number of piperidine rings is 1. The Morgan fingerprint density at radius 3 is 2.59 bits per heavy atom. The molecule has 0 bridgehead atoms. The van der Waals surface area contributed by atoms with Crippen molar-refractivity contribution >= 4 is 0 Å². The molecule has 1 aromatic carbocycles. The Bertz CT molecular complexity index is 331. The van der Waals surface area contributed by atoms with Crippen LogP contribution in [0.4, 0.5) is 0 Å². The number of rotatable bonds is 4. The lowest BCUT2D eigenvalue weighted by Gasteiger charge is -2.32. The van der Waals surface area contributed by atoms with Crippen LogP contribution in [0, 0.1) is 5.92 Å². The van der Waals surface area contributed by atoms with Crippen LogP contribution < -0.4 is 5.73 Å². The van der Waals surface area contributed by atoms with Gasteiger partial charge in [-0.3, -0.25) is 4.90 Å². The van der Waals surface area contributed by atoms with Gasteiger partial charge < -0.3 is 5.73 Å². The Labute approximate surface area is 105 Å². The fourth-order valence-electron chi connectivity index (χ4n) is 2.63. The predicted octanol–water partition coefficient (Wildman–Crippen LogP) is 2.42. The summed E-state index contributed by atoms with van der Waals surface area (Å²) in [5, 5.41) is 0. The predicted molar refractivity (Wildman–Crippen MR) is 72.9 cm³/mol. The lowest BCUT2D eigenvalue weighted by molar-refractivity contribution is 0.171. The Hall–Kier alpha value is -0.860. The number of likely N-dealkylation sites (tertiary alicyclic amines) is 1. The van der Waals surface area contributed by atoms with E-state index in [-0.39, 0.29) is 0 Å². The average molecular weight is 232 g/mol. The van der Waals surface area contributed by atoms with Crippen molar-refractivity contribution in [1.82, 2.24) is 4.90 Å². The molecule has 1 saturated heterocycles. The lowest BCUT2D eigenvalue weighted by atomic mass is 9.98. The highest BCUT2D eigenvalue weighted by atomic mass is 15.1. The van der Waals surface area contributed by atoms with Crippen molar-refractivity contribution in [2.75, 3.05) is 19.6 Å². The minimum Gasteiger partial charge on any atom is -0.330 e. The third kappa shape index (κ3) is 3.55. The Morgan fingerprint density at radius 1 is 1.24 bits per heavy atom. The summed E-state index contributed by atoms with van der Waals surface area (Å²) in [5.74, 6) is 0.707. The van der Waals surface area contributed by atoms with E-state index in [0.717, 1.165) is 19.5 Å². The van der Waals surface area contributed by atoms with Gasteiger partial charge in [0.1, 0.15) is 0 Å². The summed E-state index contributed by atoms with van der Waals surface area (Å²) >= 11 is 0. The molecule has 94 valence electrons. The third-order valence-electron chi connectivity index (χ3n) is 3.77. The van der Waals surface area contributed by atoms with Gasteiger partial charge in [-0.25, -0.2) is 0 Å². The molecular formula is C15H24N2. The molecule has 0 radical (unpaired) electrons. The minimum atomic E-state index is 0.707. The maximum absolute atomic E-state index is 5.77. The number of aryl methyl sites for hydroxylation is 1. The fraction of sp³-hybridized carbons (Fsp3) is 0.600. The third-order valence-corrected chi connectivity index (χ3v) is 3.77. The molecule has 1 heterocycles. The van der Waals surface area contributed by atoms with Gasteiger partial charge in [0.15, 0.2) is 0 Å². The highest BCUT2D eigenvalue weighted by molar-refractivity contribution is 5.22. The van der Waals surface area contributed by atoms with Crippen LogP contribution in [0.1, 0.15) is 30.9 Å². The zero-order chi connectivity index (χ0) is 12.1. The summed E-state index contributed by atoms with van der Waals surface area (Å²) in [7, 11) is 0. The molecular weight excluding hydrogens is 208 g/mol. The number of benzene rings is 1. The highest BCUT2D eigenvalue weighted by Crippen LogP contribution is 2.17. The summed E-state index contributed by atoms with van der Waals surface area (Å²) in [6, 6.07) is 9.04. The summed E-state index contributed by atoms with van der Waals surface area (Å²) in [6.07, 6.45) is 3.73. The molecule has 17 heavy (non-hydrogen) atoms. The van der Waals surface area contributed by atoms with E-state index in [9.17, 15) is 0 Å². The summed E-state index contributed by atoms with van der Waals surface area (Å²) in [4.78, 5) is 2.54. The van der Waals surface area contributed by atoms with Gasteiger partial charge in [-0.1, -0.05) is 31.2 Å². The van der Waals surface area contributed by atoms with Crippen LogP contribution in [0.15, 0.2) is 24.3 Å². The van der Waals surface area contributed by atoms with Crippen molar-refractivity contribution in [3.05, 3.63) is 35.4 Å². The van der Waals surface area contributed by atoms with E-state index >= 15 is 0 Å². The van der Waals surface area contributed by atoms with Crippen LogP contribution in [-0.2, 0) is 13.0 Å². The average Bonchev–Trinajstić information content (AvgIpc) is 2.40. The van der Waals surface area contributed by atoms with E-state index in [4.69, 9.17) is 5.73 Å². The van der Waals surface area contributed by atoms with Crippen LogP contribution in [0.25, 0.3) is 0 Å². The first kappa shape index (κ1) is 12.6. The maximum Gasteiger partial charge on any atom is 0.0233 e. The van der Waals surface area contributed by atoms with Gasteiger partial charge in [0.05, 0.1) is 0 Å². The van der Waals surface area contributed by atoms with Gasteiger partial charge in [-0.15, -0.1) is 0 Å². The van der Waals surface area contributed by atoms with E-state index < -0.39 is 0 Å². The standard InChI is InChI=1S/C15H24N2/c1-2-13-5-7-14(8-6-13)11-17-9-3-4-15(10-16)12-17/h5-8,15H,2-4,9-12,16H2,1H3. The van der Waals surface area contributed by atoms with Crippen LogP contribution in [0.2, 0.25) is 0 Å². The molecule has 1 aromatic rings. The minimum absolute atomic E-state index is 0.707. The lowest BCUT2D eigenvalue weighted by Crippen LogP contribution is -2.37. The zero-order valence-corrected chi connectivity index (χ0v) is 10.9. The fourth-order valence-corrected chi connectivity index (χ4v) is 2.63. The van der Waals surface area contributed by atoms with E-state index in [1.807, 2.05) is 0 Å². The first-order valence-electron chi connectivity index (χ1n) is 6.82. The van der Waals surface area contributed by atoms with Gasteiger partial charge >= 0.3 is 0 Å². The van der Waals surface area contributed by atoms with E-state index in [1.54, 1.807) is 0 Å². The summed E-state index contributed by atoms with van der Waals surface area (Å²) in [5.41, 5.74) is 8.62. The van der Waals surface area contributed by atoms with E-state index in [2.05, 4.69) is 36.1 Å². The number of nitrogens with zero attached hydrogens (tertiary/aromatic N) is 1. The van der Waals surface area contributed by atoms with Crippen LogP contribution >= 0.6 is 0 Å². The van der Waals surface area contributed by atoms with E-state index in [0.29, 0.717) is 5.92 Å². The number of nitrogens with two attached hydrogens (primary N) is 1. The molecule has 2 heteroatoms. The topological polar surface area (TPSA) is 29.3 Å². The van der Waals surface area contributed by atoms with Gasteiger partial charge in [-0.2, -0.15) is 0 Å². The van der Waals surface area contributed by atoms with Crippen molar-refractivity contribution in [3.63, 3.8) is 0 Å². The first-order valence-corrected chi connectivity index (χ1v) is 6.82. The Kier molecular flexibility index (Phi) is 4.57. The summed E-state index contributed by atoms with van der Waals surface area (Å²) < 4.78 is 0. The molecule has 2 nitrogen and oxygen atoms in total. The molecule has 0 aliphatic carbocycles. The highest BCUT2D eigenvalue weighted by Gasteiger charge is 2.18. The van der Waals surface area contributed by atoms with Gasteiger partial charge in [-0.05, 0) is 49.4 Å². The van der Waals surface area contributed by atoms with Crippen molar-refractivity contribution in [2.24, 2.45) is 11.7 Å². The molecule has 1 atom stereocenters. The largest absolute Gasteiger partial charge is 0.330 e. The van der Waals surface area contributed by atoms with Gasteiger partial charge in [0.2, 0.25) is 0 Å². The molecule has 0 aromatic heterocycles. The molecule has 1 aliphatic heterocycles. The van der Waals surface area contributed by atoms with Crippen molar-refractivity contribution in [3.8, 4) is 0 Å². The SMILES string of the molecule is CCc1ccc(CN2CCCC(CN)C2)cc1. The normalized spacial score (nSPS) is 21.6. The molecule has 0 saturated carbocycles. The Morgan fingerprint density at radius 2 is 1.94 bits per heavy atom. The summed E-state index contributed by atoms with van der Waals surface area (Å²) in [6.45, 7) is 6.52. The monoisotopic (exact) mass is 232 g/mol. The van der Waals surface area contributed by atoms with Crippen LogP contribution in [0.5, 0.6) is 0 Å². The number of hydrogen-bond donors (Lipinski definition) is 1. The second-order valence-electron chi connectivity index (χ2n) is 5.15. The Balaban J connectivity index is 1.90. The van der Waals surface area contributed by atoms with Crippen LogP contribution in [0.3, 0.4) is 0 Å². The second kappa shape index (κ2) is 6.18. The molecule has 1 aliphatic rings. The van der Waals surface area contributed by atoms with E-state index in [1.165, 1.54) is 37.1 Å². The van der Waals surface area contributed by atoms with Crippen molar-refractivity contribution < 1.29 is 0 Å². The van der Waals surface area contributed by atoms with Crippen molar-refractivity contribution in [2.45, 2.75) is 32.7 Å². The quantitative estimate of drug-likeness (QED) is 0.864. The second-order valence-corrected chi connectivity index (χ2v) is 5.15. The smallest absolute Gasteiger partial charge is 0.0233 e. The van der Waals surface area contributed by atoms with Crippen LogP contribution in [-0.4, -0.2) is 24.5 Å². The molecule has 0 amide bonds. The van der Waals surface area contributed by atoms with Gasteiger partial charge in [0, 0.05) is 13.1 Å². The number of hydrogen-bond acceptors (Lipinski definition) is 2. The van der Waals surface area contributed by atoms with Crippen molar-refractivity contribution in [1.29, 1.82) is 0 Å². The zero-order valence-electron chi connectivity index (χ0n) is 10.9. The molecule has 1 fully saturated rings. The molecule has 2 N–H and O–H groups in total. The molecule has 0 spiro atoms. The molecule has 2 rings (SSSR count). The maximum atomic E-state index is 5.77.